The van der Waals surface area contributed by atoms with Gasteiger partial charge in [0.05, 0.1) is 11.0 Å². The zero-order valence-corrected chi connectivity index (χ0v) is 12.2. The molecule has 0 aliphatic carbocycles. The molecule has 0 spiro atoms. The number of H-pyrrole nitrogens is 1. The summed E-state index contributed by atoms with van der Waals surface area (Å²) in [5.41, 5.74) is 3.30. The molecular formula is C16H19N5. The number of aromatic nitrogens is 4. The standard InChI is InChI=1S/C16H19N5/c1-21(11-13-9-17-12-18-10-13)8-4-7-16-19-14-5-2-3-6-15(14)20-16/h2-3,5-6,9-10,12H,4,7-8,11H2,1H3,(H,19,20). The molecule has 0 atom stereocenters. The number of aryl methyl sites for hydroxylation is 1. The van der Waals surface area contributed by atoms with Crippen molar-refractivity contribution in [1.29, 1.82) is 0 Å². The van der Waals surface area contributed by atoms with E-state index in [9.17, 15) is 0 Å². The first-order chi connectivity index (χ1) is 10.3. The van der Waals surface area contributed by atoms with Crippen LogP contribution >= 0.6 is 0 Å². The third kappa shape index (κ3) is 3.64. The second-order valence-corrected chi connectivity index (χ2v) is 5.29. The third-order valence-corrected chi connectivity index (χ3v) is 3.46. The molecule has 1 aromatic carbocycles. The number of aromatic amines is 1. The van der Waals surface area contributed by atoms with E-state index >= 15 is 0 Å². The molecule has 3 aromatic rings. The van der Waals surface area contributed by atoms with Crippen LogP contribution in [0.5, 0.6) is 0 Å². The predicted octanol–water partition coefficient (Wildman–Crippen LogP) is 2.42. The average molecular weight is 281 g/mol. The zero-order valence-electron chi connectivity index (χ0n) is 12.2. The summed E-state index contributed by atoms with van der Waals surface area (Å²) in [4.78, 5) is 18.3. The first-order valence-corrected chi connectivity index (χ1v) is 7.17. The molecule has 1 N–H and O–H groups in total. The fourth-order valence-electron chi connectivity index (χ4n) is 2.44. The molecule has 2 aromatic heterocycles. The second kappa shape index (κ2) is 6.45. The second-order valence-electron chi connectivity index (χ2n) is 5.29. The molecule has 0 aliphatic rings. The topological polar surface area (TPSA) is 57.7 Å². The molecule has 0 radical (unpaired) electrons. The van der Waals surface area contributed by atoms with E-state index < -0.39 is 0 Å². The van der Waals surface area contributed by atoms with E-state index in [-0.39, 0.29) is 0 Å². The highest BCUT2D eigenvalue weighted by Gasteiger charge is 2.04. The fraction of sp³-hybridized carbons (Fsp3) is 0.312. The van der Waals surface area contributed by atoms with Gasteiger partial charge in [-0.2, -0.15) is 0 Å². The van der Waals surface area contributed by atoms with Crippen LogP contribution in [-0.4, -0.2) is 38.4 Å². The maximum absolute atomic E-state index is 4.60. The SMILES string of the molecule is CN(CCCc1nc2ccccc2[nH]1)Cc1cncnc1. The molecule has 5 nitrogen and oxygen atoms in total. The molecule has 3 rings (SSSR count). The molecule has 0 bridgehead atoms. The van der Waals surface area contributed by atoms with E-state index in [1.54, 1.807) is 6.33 Å². The number of rotatable bonds is 6. The Balaban J connectivity index is 1.49. The van der Waals surface area contributed by atoms with Gasteiger partial charge in [-0.1, -0.05) is 12.1 Å². The molecule has 21 heavy (non-hydrogen) atoms. The van der Waals surface area contributed by atoms with Crippen LogP contribution < -0.4 is 0 Å². The van der Waals surface area contributed by atoms with Crippen molar-refractivity contribution in [2.45, 2.75) is 19.4 Å². The Morgan fingerprint density at radius 1 is 1.14 bits per heavy atom. The lowest BCUT2D eigenvalue weighted by Gasteiger charge is -2.15. The maximum Gasteiger partial charge on any atom is 0.115 e. The van der Waals surface area contributed by atoms with Gasteiger partial charge in [0, 0.05) is 30.9 Å². The molecule has 0 saturated heterocycles. The lowest BCUT2D eigenvalue weighted by atomic mass is 10.2. The number of nitrogens with one attached hydrogen (secondary N) is 1. The Kier molecular flexibility index (Phi) is 4.21. The van der Waals surface area contributed by atoms with E-state index in [1.807, 2.05) is 30.6 Å². The quantitative estimate of drug-likeness (QED) is 0.754. The Labute approximate surface area is 124 Å². The number of imidazole rings is 1. The smallest absolute Gasteiger partial charge is 0.115 e. The van der Waals surface area contributed by atoms with Crippen LogP contribution in [0.25, 0.3) is 11.0 Å². The average Bonchev–Trinajstić information content (AvgIpc) is 2.91. The molecular weight excluding hydrogens is 262 g/mol. The maximum atomic E-state index is 4.60. The van der Waals surface area contributed by atoms with Crippen molar-refractivity contribution in [2.75, 3.05) is 13.6 Å². The molecule has 0 aliphatic heterocycles. The van der Waals surface area contributed by atoms with Crippen molar-refractivity contribution >= 4 is 11.0 Å². The molecule has 2 heterocycles. The Morgan fingerprint density at radius 3 is 2.76 bits per heavy atom. The van der Waals surface area contributed by atoms with Crippen molar-refractivity contribution in [3.8, 4) is 0 Å². The molecule has 0 unspecified atom stereocenters. The van der Waals surface area contributed by atoms with Crippen LogP contribution in [0.1, 0.15) is 17.8 Å². The summed E-state index contributed by atoms with van der Waals surface area (Å²) in [5.74, 6) is 1.06. The van der Waals surface area contributed by atoms with Gasteiger partial charge < -0.3 is 9.88 Å². The molecule has 0 fully saturated rings. The fourth-order valence-corrected chi connectivity index (χ4v) is 2.44. The number of hydrogen-bond donors (Lipinski definition) is 1. The van der Waals surface area contributed by atoms with Gasteiger partial charge in [-0.15, -0.1) is 0 Å². The van der Waals surface area contributed by atoms with Crippen LogP contribution in [0, 0.1) is 0 Å². The Bertz CT molecular complexity index is 659. The van der Waals surface area contributed by atoms with E-state index in [4.69, 9.17) is 0 Å². The summed E-state index contributed by atoms with van der Waals surface area (Å²) in [6.07, 6.45) is 7.32. The molecule has 108 valence electrons. The van der Waals surface area contributed by atoms with Gasteiger partial charge in [0.1, 0.15) is 12.2 Å². The third-order valence-electron chi connectivity index (χ3n) is 3.46. The minimum absolute atomic E-state index is 0.876. The van der Waals surface area contributed by atoms with Gasteiger partial charge in [-0.3, -0.25) is 0 Å². The minimum Gasteiger partial charge on any atom is -0.342 e. The summed E-state index contributed by atoms with van der Waals surface area (Å²) in [7, 11) is 2.12. The first-order valence-electron chi connectivity index (χ1n) is 7.17. The minimum atomic E-state index is 0.876. The van der Waals surface area contributed by atoms with Crippen molar-refractivity contribution in [2.24, 2.45) is 0 Å². The van der Waals surface area contributed by atoms with Gasteiger partial charge in [0.2, 0.25) is 0 Å². The van der Waals surface area contributed by atoms with Gasteiger partial charge >= 0.3 is 0 Å². The lowest BCUT2D eigenvalue weighted by molar-refractivity contribution is 0.320. The van der Waals surface area contributed by atoms with Crippen LogP contribution in [0.2, 0.25) is 0 Å². The van der Waals surface area contributed by atoms with Crippen molar-refractivity contribution in [1.82, 2.24) is 24.8 Å². The van der Waals surface area contributed by atoms with Gasteiger partial charge in [0.15, 0.2) is 0 Å². The van der Waals surface area contributed by atoms with Gasteiger partial charge in [0.25, 0.3) is 0 Å². The van der Waals surface area contributed by atoms with Crippen LogP contribution in [0.15, 0.2) is 43.0 Å². The largest absolute Gasteiger partial charge is 0.342 e. The van der Waals surface area contributed by atoms with Gasteiger partial charge in [-0.05, 0) is 32.1 Å². The van der Waals surface area contributed by atoms with E-state index in [1.165, 1.54) is 0 Å². The van der Waals surface area contributed by atoms with Crippen LogP contribution in [0.3, 0.4) is 0 Å². The number of hydrogen-bond acceptors (Lipinski definition) is 4. The predicted molar refractivity (Wildman–Crippen MR) is 82.8 cm³/mol. The number of fused-ring (bicyclic) bond motifs is 1. The van der Waals surface area contributed by atoms with Crippen LogP contribution in [0.4, 0.5) is 0 Å². The number of para-hydroxylation sites is 2. The number of benzene rings is 1. The molecule has 0 saturated carbocycles. The zero-order chi connectivity index (χ0) is 14.5. The summed E-state index contributed by atoms with van der Waals surface area (Å²) in [5, 5.41) is 0. The molecule has 5 heteroatoms. The highest BCUT2D eigenvalue weighted by molar-refractivity contribution is 5.74. The summed E-state index contributed by atoms with van der Waals surface area (Å²) >= 11 is 0. The van der Waals surface area contributed by atoms with E-state index in [0.29, 0.717) is 0 Å². The summed E-state index contributed by atoms with van der Waals surface area (Å²) in [6, 6.07) is 8.15. The van der Waals surface area contributed by atoms with Crippen molar-refractivity contribution in [3.63, 3.8) is 0 Å². The number of nitrogens with zero attached hydrogens (tertiary/aromatic N) is 4. The Hall–Kier alpha value is -2.27. The Morgan fingerprint density at radius 2 is 1.95 bits per heavy atom. The highest BCUT2D eigenvalue weighted by atomic mass is 15.1. The van der Waals surface area contributed by atoms with Gasteiger partial charge in [-0.25, -0.2) is 15.0 Å². The van der Waals surface area contributed by atoms with Crippen LogP contribution in [-0.2, 0) is 13.0 Å². The monoisotopic (exact) mass is 281 g/mol. The summed E-state index contributed by atoms with van der Waals surface area (Å²) in [6.45, 7) is 1.90. The van der Waals surface area contributed by atoms with Crippen molar-refractivity contribution in [3.05, 3.63) is 54.4 Å². The van der Waals surface area contributed by atoms with E-state index in [2.05, 4.69) is 37.9 Å². The van der Waals surface area contributed by atoms with Crippen molar-refractivity contribution < 1.29 is 0 Å². The normalized spacial score (nSPS) is 11.3. The highest BCUT2D eigenvalue weighted by Crippen LogP contribution is 2.11. The molecule has 0 amide bonds. The first kappa shape index (κ1) is 13.7. The summed E-state index contributed by atoms with van der Waals surface area (Å²) < 4.78 is 0. The lowest BCUT2D eigenvalue weighted by Crippen LogP contribution is -2.19. The van der Waals surface area contributed by atoms with E-state index in [0.717, 1.165) is 48.4 Å².